The van der Waals surface area contributed by atoms with Gasteiger partial charge < -0.3 is 15.0 Å². The van der Waals surface area contributed by atoms with Crippen molar-refractivity contribution in [1.29, 1.82) is 0 Å². The van der Waals surface area contributed by atoms with Crippen LogP contribution in [-0.4, -0.2) is 31.2 Å². The molecule has 1 amide bonds. The molecule has 0 aliphatic rings. The van der Waals surface area contributed by atoms with Gasteiger partial charge in [-0.05, 0) is 18.6 Å². The molecule has 0 aliphatic heterocycles. The smallest absolute Gasteiger partial charge is 0.253 e. The number of H-pyrrole nitrogens is 1. The fraction of sp³-hybridized carbons (Fsp3) is 0.308. The second kappa shape index (κ2) is 5.50. The van der Waals surface area contributed by atoms with Crippen molar-refractivity contribution in [3.05, 3.63) is 36.0 Å². The molecule has 2 N–H and O–H groups in total. The Morgan fingerprint density at radius 2 is 2.29 bits per heavy atom. The van der Waals surface area contributed by atoms with Gasteiger partial charge in [0.05, 0.1) is 11.1 Å². The first kappa shape index (κ1) is 11.7. The van der Waals surface area contributed by atoms with Crippen LogP contribution in [0.25, 0.3) is 10.9 Å². The zero-order chi connectivity index (χ0) is 12.1. The Bertz CT molecular complexity index is 505. The quantitative estimate of drug-likeness (QED) is 0.774. The summed E-state index contributed by atoms with van der Waals surface area (Å²) in [5.41, 5.74) is 1.57. The summed E-state index contributed by atoms with van der Waals surface area (Å²) >= 11 is 0. The predicted octanol–water partition coefficient (Wildman–Crippen LogP) is 1.93. The third kappa shape index (κ3) is 2.65. The molecule has 0 fully saturated rings. The molecule has 90 valence electrons. The maximum atomic E-state index is 11.9. The van der Waals surface area contributed by atoms with E-state index in [2.05, 4.69) is 10.3 Å². The van der Waals surface area contributed by atoms with E-state index >= 15 is 0 Å². The van der Waals surface area contributed by atoms with E-state index < -0.39 is 0 Å². The molecular formula is C13H16N2O2. The van der Waals surface area contributed by atoms with Gasteiger partial charge in [-0.15, -0.1) is 0 Å². The van der Waals surface area contributed by atoms with E-state index in [4.69, 9.17) is 4.74 Å². The highest BCUT2D eigenvalue weighted by Gasteiger charge is 2.09. The average Bonchev–Trinajstić information content (AvgIpc) is 2.82. The molecule has 0 spiro atoms. The van der Waals surface area contributed by atoms with Crippen LogP contribution < -0.4 is 5.32 Å². The van der Waals surface area contributed by atoms with Crippen LogP contribution >= 0.6 is 0 Å². The first-order chi connectivity index (χ1) is 8.33. The molecule has 1 aromatic carbocycles. The lowest BCUT2D eigenvalue weighted by atomic mass is 10.1. The number of aromatic nitrogens is 1. The lowest BCUT2D eigenvalue weighted by Gasteiger charge is -2.05. The molecule has 0 saturated carbocycles. The molecule has 0 atom stereocenters. The average molecular weight is 232 g/mol. The van der Waals surface area contributed by atoms with Crippen molar-refractivity contribution in [2.45, 2.75) is 6.42 Å². The van der Waals surface area contributed by atoms with Gasteiger partial charge in [-0.1, -0.05) is 12.1 Å². The highest BCUT2D eigenvalue weighted by molar-refractivity contribution is 6.05. The molecule has 0 saturated heterocycles. The normalized spacial score (nSPS) is 10.6. The molecular weight excluding hydrogens is 216 g/mol. The minimum atomic E-state index is -0.0471. The molecule has 2 aromatic rings. The van der Waals surface area contributed by atoms with E-state index in [1.54, 1.807) is 7.11 Å². The first-order valence-corrected chi connectivity index (χ1v) is 5.66. The molecule has 1 aromatic heterocycles. The Morgan fingerprint density at radius 3 is 3.12 bits per heavy atom. The van der Waals surface area contributed by atoms with Crippen molar-refractivity contribution in [2.75, 3.05) is 20.3 Å². The van der Waals surface area contributed by atoms with Crippen LogP contribution in [0.5, 0.6) is 0 Å². The largest absolute Gasteiger partial charge is 0.385 e. The first-order valence-electron chi connectivity index (χ1n) is 5.66. The number of nitrogens with one attached hydrogen (secondary N) is 2. The van der Waals surface area contributed by atoms with Crippen LogP contribution in [0.4, 0.5) is 0 Å². The Hall–Kier alpha value is -1.81. The minimum Gasteiger partial charge on any atom is -0.385 e. The van der Waals surface area contributed by atoms with E-state index in [0.29, 0.717) is 18.7 Å². The van der Waals surface area contributed by atoms with E-state index in [-0.39, 0.29) is 5.91 Å². The summed E-state index contributed by atoms with van der Waals surface area (Å²) in [6, 6.07) is 7.65. The number of methoxy groups -OCH3 is 1. The van der Waals surface area contributed by atoms with Crippen molar-refractivity contribution in [3.63, 3.8) is 0 Å². The van der Waals surface area contributed by atoms with Gasteiger partial charge in [0.25, 0.3) is 5.91 Å². The number of aromatic amines is 1. The summed E-state index contributed by atoms with van der Waals surface area (Å²) in [5, 5.41) is 3.93. The molecule has 0 bridgehead atoms. The van der Waals surface area contributed by atoms with Gasteiger partial charge in [-0.25, -0.2) is 0 Å². The molecule has 0 unspecified atom stereocenters. The lowest BCUT2D eigenvalue weighted by Crippen LogP contribution is -2.25. The number of para-hydroxylation sites is 1. The van der Waals surface area contributed by atoms with Gasteiger partial charge in [0, 0.05) is 31.8 Å². The minimum absolute atomic E-state index is 0.0471. The summed E-state index contributed by atoms with van der Waals surface area (Å²) in [7, 11) is 1.65. The summed E-state index contributed by atoms with van der Waals surface area (Å²) in [4.78, 5) is 15.0. The monoisotopic (exact) mass is 232 g/mol. The fourth-order valence-corrected chi connectivity index (χ4v) is 1.79. The third-order valence-corrected chi connectivity index (χ3v) is 2.64. The third-order valence-electron chi connectivity index (χ3n) is 2.64. The Labute approximate surface area is 100.0 Å². The number of amides is 1. The van der Waals surface area contributed by atoms with E-state index in [9.17, 15) is 4.79 Å². The van der Waals surface area contributed by atoms with Crippen LogP contribution in [0.3, 0.4) is 0 Å². The lowest BCUT2D eigenvalue weighted by molar-refractivity contribution is 0.0950. The van der Waals surface area contributed by atoms with E-state index in [1.165, 1.54) is 0 Å². The van der Waals surface area contributed by atoms with Gasteiger partial charge in [0.15, 0.2) is 0 Å². The zero-order valence-electron chi connectivity index (χ0n) is 9.82. The summed E-state index contributed by atoms with van der Waals surface area (Å²) in [6.07, 6.45) is 2.66. The maximum Gasteiger partial charge on any atom is 0.253 e. The fourth-order valence-electron chi connectivity index (χ4n) is 1.79. The van der Waals surface area contributed by atoms with Crippen molar-refractivity contribution in [1.82, 2.24) is 10.3 Å². The number of ether oxygens (including phenoxy) is 1. The van der Waals surface area contributed by atoms with Crippen LogP contribution in [-0.2, 0) is 4.74 Å². The molecule has 0 radical (unpaired) electrons. The van der Waals surface area contributed by atoms with Crippen LogP contribution in [0, 0.1) is 0 Å². The van der Waals surface area contributed by atoms with Crippen LogP contribution in [0.15, 0.2) is 30.5 Å². The summed E-state index contributed by atoms with van der Waals surface area (Å²) < 4.78 is 4.93. The Kier molecular flexibility index (Phi) is 3.77. The van der Waals surface area contributed by atoms with Crippen molar-refractivity contribution in [2.24, 2.45) is 0 Å². The van der Waals surface area contributed by atoms with Gasteiger partial charge in [-0.3, -0.25) is 4.79 Å². The standard InChI is InChI=1S/C13H16N2O2/c1-17-9-3-7-15-13(16)11-5-2-4-10-6-8-14-12(10)11/h2,4-6,8,14H,3,7,9H2,1H3,(H,15,16). The van der Waals surface area contributed by atoms with Gasteiger partial charge in [0.2, 0.25) is 0 Å². The maximum absolute atomic E-state index is 11.9. The molecule has 17 heavy (non-hydrogen) atoms. The van der Waals surface area contributed by atoms with Gasteiger partial charge in [-0.2, -0.15) is 0 Å². The molecule has 4 heteroatoms. The number of carbonyl (C=O) groups excluding carboxylic acids is 1. The van der Waals surface area contributed by atoms with E-state index in [1.807, 2.05) is 30.5 Å². The molecule has 1 heterocycles. The number of hydrogen-bond donors (Lipinski definition) is 2. The number of carbonyl (C=O) groups is 1. The Balaban J connectivity index is 2.06. The highest BCUT2D eigenvalue weighted by atomic mass is 16.5. The van der Waals surface area contributed by atoms with E-state index in [0.717, 1.165) is 17.3 Å². The van der Waals surface area contributed by atoms with Crippen molar-refractivity contribution < 1.29 is 9.53 Å². The van der Waals surface area contributed by atoms with Crippen LogP contribution in [0.1, 0.15) is 16.8 Å². The summed E-state index contributed by atoms with van der Waals surface area (Å²) in [6.45, 7) is 1.29. The highest BCUT2D eigenvalue weighted by Crippen LogP contribution is 2.16. The number of rotatable bonds is 5. The number of fused-ring (bicyclic) bond motifs is 1. The van der Waals surface area contributed by atoms with Crippen LogP contribution in [0.2, 0.25) is 0 Å². The second-order valence-corrected chi connectivity index (χ2v) is 3.85. The molecule has 0 aliphatic carbocycles. The SMILES string of the molecule is COCCCNC(=O)c1cccc2cc[nH]c12. The molecule has 4 nitrogen and oxygen atoms in total. The number of benzene rings is 1. The van der Waals surface area contributed by atoms with Gasteiger partial charge >= 0.3 is 0 Å². The topological polar surface area (TPSA) is 54.1 Å². The van der Waals surface area contributed by atoms with Crippen molar-refractivity contribution >= 4 is 16.8 Å². The predicted molar refractivity (Wildman–Crippen MR) is 67.1 cm³/mol. The zero-order valence-corrected chi connectivity index (χ0v) is 9.82. The Morgan fingerprint density at radius 1 is 1.41 bits per heavy atom. The number of hydrogen-bond acceptors (Lipinski definition) is 2. The second-order valence-electron chi connectivity index (χ2n) is 3.85. The summed E-state index contributed by atoms with van der Waals surface area (Å²) in [5.74, 6) is -0.0471. The molecule has 2 rings (SSSR count). The van der Waals surface area contributed by atoms with Crippen molar-refractivity contribution in [3.8, 4) is 0 Å². The van der Waals surface area contributed by atoms with Gasteiger partial charge in [0.1, 0.15) is 0 Å².